The highest BCUT2D eigenvalue weighted by atomic mass is 127. The van der Waals surface area contributed by atoms with Gasteiger partial charge in [0, 0.05) is 15.1 Å². The second-order valence-corrected chi connectivity index (χ2v) is 4.21. The molecule has 78 valence electrons. The first-order chi connectivity index (χ1) is 6.36. The molecule has 0 saturated carbocycles. The maximum atomic E-state index is 12.5. The average Bonchev–Trinajstić information content (AvgIpc) is 2.01. The topological polar surface area (TPSA) is 26.0 Å². The fourth-order valence-electron chi connectivity index (χ4n) is 1.06. The van der Waals surface area contributed by atoms with Crippen molar-refractivity contribution in [2.45, 2.75) is 12.7 Å². The number of rotatable bonds is 1. The number of benzene rings is 1. The van der Waals surface area contributed by atoms with Crippen molar-refractivity contribution in [3.63, 3.8) is 0 Å². The van der Waals surface area contributed by atoms with Gasteiger partial charge in [-0.3, -0.25) is 0 Å². The summed E-state index contributed by atoms with van der Waals surface area (Å²) in [5.41, 5.74) is 4.58. The second kappa shape index (κ2) is 4.24. The summed E-state index contributed by atoms with van der Waals surface area (Å²) in [5.74, 6) is 0. The molecule has 0 bridgehead atoms. The SMILES string of the molecule is NCc1c(I)cc(Cl)cc1C(F)(F)F. The Kier molecular flexibility index (Phi) is 3.65. The lowest BCUT2D eigenvalue weighted by atomic mass is 10.1. The molecule has 14 heavy (non-hydrogen) atoms. The van der Waals surface area contributed by atoms with Gasteiger partial charge in [-0.1, -0.05) is 11.6 Å². The molecule has 0 aromatic heterocycles. The molecule has 6 heteroatoms. The number of nitrogens with two attached hydrogens (primary N) is 1. The van der Waals surface area contributed by atoms with Crippen molar-refractivity contribution in [1.82, 2.24) is 0 Å². The van der Waals surface area contributed by atoms with Crippen LogP contribution in [0, 0.1) is 3.57 Å². The number of hydrogen-bond acceptors (Lipinski definition) is 1. The summed E-state index contributed by atoms with van der Waals surface area (Å²) in [4.78, 5) is 0. The van der Waals surface area contributed by atoms with Crippen LogP contribution in [0.25, 0.3) is 0 Å². The number of halogens is 5. The van der Waals surface area contributed by atoms with Crippen molar-refractivity contribution in [1.29, 1.82) is 0 Å². The smallest absolute Gasteiger partial charge is 0.326 e. The third-order valence-corrected chi connectivity index (χ3v) is 2.85. The van der Waals surface area contributed by atoms with E-state index in [1.54, 1.807) is 22.6 Å². The molecule has 0 aliphatic carbocycles. The van der Waals surface area contributed by atoms with Crippen LogP contribution in [-0.2, 0) is 12.7 Å². The van der Waals surface area contributed by atoms with Crippen LogP contribution in [0.1, 0.15) is 11.1 Å². The molecule has 0 atom stereocenters. The van der Waals surface area contributed by atoms with E-state index < -0.39 is 11.7 Å². The summed E-state index contributed by atoms with van der Waals surface area (Å²) in [5, 5.41) is 0.0684. The van der Waals surface area contributed by atoms with E-state index in [1.807, 2.05) is 0 Å². The zero-order valence-corrected chi connectivity index (χ0v) is 9.74. The van der Waals surface area contributed by atoms with E-state index in [9.17, 15) is 13.2 Å². The Bertz CT molecular complexity index is 351. The van der Waals surface area contributed by atoms with Crippen LogP contribution >= 0.6 is 34.2 Å². The standard InChI is InChI=1S/C8H6ClF3IN/c9-4-1-6(8(10,11)12)5(3-14)7(13)2-4/h1-2H,3,14H2. The summed E-state index contributed by atoms with van der Waals surface area (Å²) < 4.78 is 37.9. The van der Waals surface area contributed by atoms with Crippen LogP contribution in [0.3, 0.4) is 0 Å². The summed E-state index contributed by atoms with van der Waals surface area (Å²) in [6.07, 6.45) is -4.40. The molecule has 0 saturated heterocycles. The lowest BCUT2D eigenvalue weighted by Gasteiger charge is -2.13. The van der Waals surface area contributed by atoms with Crippen LogP contribution < -0.4 is 5.73 Å². The van der Waals surface area contributed by atoms with E-state index in [-0.39, 0.29) is 17.1 Å². The summed E-state index contributed by atoms with van der Waals surface area (Å²) in [6.45, 7) is -0.149. The van der Waals surface area contributed by atoms with Gasteiger partial charge in [-0.15, -0.1) is 0 Å². The van der Waals surface area contributed by atoms with Gasteiger partial charge in [0.05, 0.1) is 5.56 Å². The molecule has 1 aromatic rings. The van der Waals surface area contributed by atoms with Gasteiger partial charge < -0.3 is 5.73 Å². The lowest BCUT2D eigenvalue weighted by Crippen LogP contribution is -2.13. The minimum absolute atomic E-state index is 0.0684. The third-order valence-electron chi connectivity index (χ3n) is 1.67. The Labute approximate surface area is 97.6 Å². The Morgan fingerprint density at radius 2 is 1.93 bits per heavy atom. The minimum Gasteiger partial charge on any atom is -0.326 e. The fourth-order valence-corrected chi connectivity index (χ4v) is 2.31. The van der Waals surface area contributed by atoms with E-state index in [2.05, 4.69) is 0 Å². The van der Waals surface area contributed by atoms with Gasteiger partial charge >= 0.3 is 6.18 Å². The molecule has 0 amide bonds. The first kappa shape index (κ1) is 12.1. The van der Waals surface area contributed by atoms with Crippen LogP contribution in [-0.4, -0.2) is 0 Å². The lowest BCUT2D eigenvalue weighted by molar-refractivity contribution is -0.138. The molecular formula is C8H6ClF3IN. The molecule has 1 aromatic carbocycles. The largest absolute Gasteiger partial charge is 0.416 e. The molecule has 0 aliphatic heterocycles. The Hall–Kier alpha value is -0.0100. The highest BCUT2D eigenvalue weighted by molar-refractivity contribution is 14.1. The van der Waals surface area contributed by atoms with Gasteiger partial charge in [0.25, 0.3) is 0 Å². The monoisotopic (exact) mass is 335 g/mol. The van der Waals surface area contributed by atoms with E-state index in [0.29, 0.717) is 3.57 Å². The summed E-state index contributed by atoms with van der Waals surface area (Å²) in [6, 6.07) is 2.35. The van der Waals surface area contributed by atoms with E-state index in [1.165, 1.54) is 6.07 Å². The highest BCUT2D eigenvalue weighted by Gasteiger charge is 2.34. The van der Waals surface area contributed by atoms with Crippen LogP contribution in [0.15, 0.2) is 12.1 Å². The van der Waals surface area contributed by atoms with E-state index >= 15 is 0 Å². The van der Waals surface area contributed by atoms with E-state index in [4.69, 9.17) is 17.3 Å². The maximum Gasteiger partial charge on any atom is 0.416 e. The molecule has 0 fully saturated rings. The molecule has 0 spiro atoms. The molecule has 0 radical (unpaired) electrons. The molecule has 2 N–H and O–H groups in total. The number of hydrogen-bond donors (Lipinski definition) is 1. The van der Waals surface area contributed by atoms with Gasteiger partial charge in [-0.2, -0.15) is 13.2 Å². The maximum absolute atomic E-state index is 12.5. The molecule has 0 heterocycles. The normalized spacial score (nSPS) is 11.9. The zero-order chi connectivity index (χ0) is 10.9. The first-order valence-corrected chi connectivity index (χ1v) is 5.07. The van der Waals surface area contributed by atoms with Gasteiger partial charge in [-0.25, -0.2) is 0 Å². The average molecular weight is 335 g/mol. The second-order valence-electron chi connectivity index (χ2n) is 2.62. The van der Waals surface area contributed by atoms with Gasteiger partial charge in [0.1, 0.15) is 0 Å². The Morgan fingerprint density at radius 3 is 2.36 bits per heavy atom. The van der Waals surface area contributed by atoms with Crippen molar-refractivity contribution in [2.24, 2.45) is 5.73 Å². The summed E-state index contributed by atoms with van der Waals surface area (Å²) in [7, 11) is 0. The minimum atomic E-state index is -4.40. The van der Waals surface area contributed by atoms with Crippen molar-refractivity contribution in [2.75, 3.05) is 0 Å². The summed E-state index contributed by atoms with van der Waals surface area (Å²) >= 11 is 7.33. The quantitative estimate of drug-likeness (QED) is 0.782. The molecule has 0 aliphatic rings. The molecule has 1 nitrogen and oxygen atoms in total. The number of alkyl halides is 3. The Balaban J connectivity index is 3.40. The van der Waals surface area contributed by atoms with Gasteiger partial charge in [0.2, 0.25) is 0 Å². The van der Waals surface area contributed by atoms with Crippen LogP contribution in [0.5, 0.6) is 0 Å². The molecule has 0 unspecified atom stereocenters. The Morgan fingerprint density at radius 1 is 1.36 bits per heavy atom. The van der Waals surface area contributed by atoms with Crippen LogP contribution in [0.4, 0.5) is 13.2 Å². The predicted molar refractivity (Wildman–Crippen MR) is 57.1 cm³/mol. The third kappa shape index (κ3) is 2.52. The van der Waals surface area contributed by atoms with Crippen molar-refractivity contribution in [3.05, 3.63) is 31.9 Å². The first-order valence-electron chi connectivity index (χ1n) is 3.61. The fraction of sp³-hybridized carbons (Fsp3) is 0.250. The molecule has 1 rings (SSSR count). The molecular weight excluding hydrogens is 329 g/mol. The van der Waals surface area contributed by atoms with E-state index in [0.717, 1.165) is 6.07 Å². The van der Waals surface area contributed by atoms with Gasteiger partial charge in [-0.05, 0) is 40.3 Å². The van der Waals surface area contributed by atoms with Crippen molar-refractivity contribution >= 4 is 34.2 Å². The van der Waals surface area contributed by atoms with Crippen molar-refractivity contribution in [3.8, 4) is 0 Å². The highest BCUT2D eigenvalue weighted by Crippen LogP contribution is 2.35. The predicted octanol–water partition coefficient (Wildman–Crippen LogP) is 3.42. The van der Waals surface area contributed by atoms with Crippen molar-refractivity contribution < 1.29 is 13.2 Å². The zero-order valence-electron chi connectivity index (χ0n) is 6.83. The van der Waals surface area contributed by atoms with Gasteiger partial charge in [0.15, 0.2) is 0 Å². The van der Waals surface area contributed by atoms with Crippen LogP contribution in [0.2, 0.25) is 5.02 Å².